The zero-order valence-electron chi connectivity index (χ0n) is 7.36. The average Bonchev–Trinajstić information content (AvgIpc) is 1.96. The highest BCUT2D eigenvalue weighted by Crippen LogP contribution is 2.24. The molecule has 0 fully saturated rings. The molecule has 0 aliphatic rings. The third-order valence-corrected chi connectivity index (χ3v) is 2.31. The fraction of sp³-hybridized carbons (Fsp3) is 0.444. The van der Waals surface area contributed by atoms with Crippen LogP contribution in [0.5, 0.6) is 0 Å². The molecular weight excluding hydrogens is 221 g/mol. The highest BCUT2D eigenvalue weighted by atomic mass is 79.9. The zero-order chi connectivity index (χ0) is 9.30. The lowest BCUT2D eigenvalue weighted by molar-refractivity contribution is 0.561. The highest BCUT2D eigenvalue weighted by molar-refractivity contribution is 9.10. The van der Waals surface area contributed by atoms with E-state index >= 15 is 0 Å². The van der Waals surface area contributed by atoms with E-state index in [1.165, 1.54) is 0 Å². The van der Waals surface area contributed by atoms with Crippen molar-refractivity contribution in [1.29, 1.82) is 0 Å². The lowest BCUT2D eigenvalue weighted by Gasteiger charge is -2.07. The van der Waals surface area contributed by atoms with Crippen molar-refractivity contribution < 1.29 is 4.39 Å². The number of hydrogen-bond acceptors (Lipinski definition) is 1. The maximum atomic E-state index is 13.0. The molecular formula is C9H11BrFN. The van der Waals surface area contributed by atoms with Crippen molar-refractivity contribution in [3.63, 3.8) is 0 Å². The molecule has 0 bridgehead atoms. The van der Waals surface area contributed by atoms with Gasteiger partial charge in [0.15, 0.2) is 0 Å². The van der Waals surface area contributed by atoms with Crippen LogP contribution in [0.3, 0.4) is 0 Å². The molecule has 66 valence electrons. The van der Waals surface area contributed by atoms with Gasteiger partial charge in [-0.05, 0) is 34.8 Å². The molecule has 0 saturated heterocycles. The maximum absolute atomic E-state index is 13.0. The number of rotatable bonds is 1. The molecule has 1 nitrogen and oxygen atoms in total. The Bertz CT molecular complexity index is 297. The standard InChI is InChI=1S/C9H11BrFN/c1-5(2)8-7(10)4-6(3)9(11)12-8/h4-5H,1-3H3. The van der Waals surface area contributed by atoms with Gasteiger partial charge in [-0.15, -0.1) is 0 Å². The van der Waals surface area contributed by atoms with Gasteiger partial charge in [-0.25, -0.2) is 4.98 Å². The Hall–Kier alpha value is -0.440. The van der Waals surface area contributed by atoms with Crippen molar-refractivity contribution >= 4 is 15.9 Å². The number of nitrogens with zero attached hydrogens (tertiary/aromatic N) is 1. The molecule has 0 radical (unpaired) electrons. The van der Waals surface area contributed by atoms with Crippen LogP contribution < -0.4 is 0 Å². The van der Waals surface area contributed by atoms with E-state index in [4.69, 9.17) is 0 Å². The van der Waals surface area contributed by atoms with Crippen LogP contribution in [0.4, 0.5) is 4.39 Å². The van der Waals surface area contributed by atoms with E-state index in [-0.39, 0.29) is 11.9 Å². The summed E-state index contributed by atoms with van der Waals surface area (Å²) in [5, 5.41) is 0. The molecule has 0 aliphatic heterocycles. The van der Waals surface area contributed by atoms with Crippen molar-refractivity contribution in [3.8, 4) is 0 Å². The van der Waals surface area contributed by atoms with E-state index in [9.17, 15) is 4.39 Å². The quantitative estimate of drug-likeness (QED) is 0.676. The minimum absolute atomic E-state index is 0.245. The van der Waals surface area contributed by atoms with Crippen LogP contribution in [0.25, 0.3) is 0 Å². The molecule has 1 aromatic heterocycles. The molecule has 0 spiro atoms. The summed E-state index contributed by atoms with van der Waals surface area (Å²) >= 11 is 3.35. The van der Waals surface area contributed by atoms with E-state index in [0.717, 1.165) is 10.2 Å². The minimum atomic E-state index is -0.373. The highest BCUT2D eigenvalue weighted by Gasteiger charge is 2.09. The first-order valence-corrected chi connectivity index (χ1v) is 4.64. The minimum Gasteiger partial charge on any atom is -0.223 e. The number of hydrogen-bond donors (Lipinski definition) is 0. The molecule has 0 aliphatic carbocycles. The summed E-state index contributed by atoms with van der Waals surface area (Å²) in [6.07, 6.45) is 0. The summed E-state index contributed by atoms with van der Waals surface area (Å²) in [4.78, 5) is 3.86. The molecule has 1 rings (SSSR count). The Labute approximate surface area is 80.1 Å². The Morgan fingerprint density at radius 2 is 2.08 bits per heavy atom. The summed E-state index contributed by atoms with van der Waals surface area (Å²) in [7, 11) is 0. The lowest BCUT2D eigenvalue weighted by atomic mass is 10.1. The molecule has 0 N–H and O–H groups in total. The van der Waals surface area contributed by atoms with Crippen LogP contribution in [0.2, 0.25) is 0 Å². The van der Waals surface area contributed by atoms with Gasteiger partial charge in [0.2, 0.25) is 5.95 Å². The first kappa shape index (κ1) is 9.65. The zero-order valence-corrected chi connectivity index (χ0v) is 8.94. The fourth-order valence-corrected chi connectivity index (χ4v) is 1.87. The van der Waals surface area contributed by atoms with Crippen molar-refractivity contribution in [2.75, 3.05) is 0 Å². The monoisotopic (exact) mass is 231 g/mol. The second kappa shape index (κ2) is 3.52. The van der Waals surface area contributed by atoms with E-state index in [0.29, 0.717) is 5.56 Å². The Morgan fingerprint density at radius 1 is 1.50 bits per heavy atom. The van der Waals surface area contributed by atoms with Gasteiger partial charge in [0.25, 0.3) is 0 Å². The van der Waals surface area contributed by atoms with Crippen molar-refractivity contribution in [2.24, 2.45) is 0 Å². The van der Waals surface area contributed by atoms with Crippen LogP contribution in [0.15, 0.2) is 10.5 Å². The second-order valence-electron chi connectivity index (χ2n) is 3.12. The molecule has 0 aromatic carbocycles. The topological polar surface area (TPSA) is 12.9 Å². The van der Waals surface area contributed by atoms with Crippen LogP contribution in [0, 0.1) is 12.9 Å². The molecule has 1 aromatic rings. The Balaban J connectivity index is 3.23. The van der Waals surface area contributed by atoms with E-state index in [2.05, 4.69) is 20.9 Å². The van der Waals surface area contributed by atoms with Gasteiger partial charge in [-0.2, -0.15) is 4.39 Å². The summed E-state index contributed by atoms with van der Waals surface area (Å²) < 4.78 is 13.9. The van der Waals surface area contributed by atoms with Crippen LogP contribution in [0.1, 0.15) is 31.0 Å². The number of aryl methyl sites for hydroxylation is 1. The SMILES string of the molecule is Cc1cc(Br)c(C(C)C)nc1F. The van der Waals surface area contributed by atoms with Gasteiger partial charge in [0, 0.05) is 10.0 Å². The smallest absolute Gasteiger partial charge is 0.216 e. The maximum Gasteiger partial charge on any atom is 0.216 e. The normalized spacial score (nSPS) is 10.8. The molecule has 0 unspecified atom stereocenters. The van der Waals surface area contributed by atoms with Gasteiger partial charge < -0.3 is 0 Å². The van der Waals surface area contributed by atoms with Crippen molar-refractivity contribution in [1.82, 2.24) is 4.98 Å². The second-order valence-corrected chi connectivity index (χ2v) is 3.97. The van der Waals surface area contributed by atoms with Gasteiger partial charge in [-0.3, -0.25) is 0 Å². The largest absolute Gasteiger partial charge is 0.223 e. The summed E-state index contributed by atoms with van der Waals surface area (Å²) in [5.74, 6) is -0.128. The van der Waals surface area contributed by atoms with Gasteiger partial charge in [0.05, 0.1) is 5.69 Å². The number of pyridine rings is 1. The van der Waals surface area contributed by atoms with Gasteiger partial charge in [0.1, 0.15) is 0 Å². The first-order chi connectivity index (χ1) is 5.52. The van der Waals surface area contributed by atoms with Crippen molar-refractivity contribution in [3.05, 3.63) is 27.7 Å². The van der Waals surface area contributed by atoms with E-state index in [1.54, 1.807) is 13.0 Å². The van der Waals surface area contributed by atoms with Crippen LogP contribution in [-0.4, -0.2) is 4.98 Å². The van der Waals surface area contributed by atoms with Crippen LogP contribution >= 0.6 is 15.9 Å². The predicted molar refractivity (Wildman–Crippen MR) is 50.7 cm³/mol. The lowest BCUT2D eigenvalue weighted by Crippen LogP contribution is -1.98. The summed E-state index contributed by atoms with van der Waals surface area (Å²) in [6.45, 7) is 5.68. The fourth-order valence-electron chi connectivity index (χ4n) is 0.976. The predicted octanol–water partition coefficient (Wildman–Crippen LogP) is 3.42. The van der Waals surface area contributed by atoms with Crippen molar-refractivity contribution in [2.45, 2.75) is 26.7 Å². The number of halogens is 2. The Kier molecular flexibility index (Phi) is 2.83. The molecule has 0 amide bonds. The van der Waals surface area contributed by atoms with E-state index < -0.39 is 0 Å². The third-order valence-electron chi connectivity index (χ3n) is 1.68. The Morgan fingerprint density at radius 3 is 2.58 bits per heavy atom. The summed E-state index contributed by atoms with van der Waals surface area (Å²) in [5.41, 5.74) is 1.35. The first-order valence-electron chi connectivity index (χ1n) is 3.85. The van der Waals surface area contributed by atoms with E-state index in [1.807, 2.05) is 13.8 Å². The molecule has 12 heavy (non-hydrogen) atoms. The van der Waals surface area contributed by atoms with Gasteiger partial charge in [-0.1, -0.05) is 13.8 Å². The molecule has 1 heterocycles. The third kappa shape index (κ3) is 1.83. The van der Waals surface area contributed by atoms with Gasteiger partial charge >= 0.3 is 0 Å². The summed E-state index contributed by atoms with van der Waals surface area (Å²) in [6, 6.07) is 1.76. The molecule has 0 saturated carbocycles. The molecule has 3 heteroatoms. The van der Waals surface area contributed by atoms with Crippen LogP contribution in [-0.2, 0) is 0 Å². The average molecular weight is 232 g/mol. The number of aromatic nitrogens is 1. The molecule has 0 atom stereocenters.